The zero-order valence-electron chi connectivity index (χ0n) is 4.36. The van der Waals surface area contributed by atoms with E-state index in [1.165, 1.54) is 0 Å². The normalized spacial score (nSPS) is 35.8. The Labute approximate surface area is 47.8 Å². The van der Waals surface area contributed by atoms with Gasteiger partial charge >= 0.3 is 0 Å². The number of hydrogen-bond acceptors (Lipinski definition) is 2. The van der Waals surface area contributed by atoms with Gasteiger partial charge in [-0.2, -0.15) is 0 Å². The Morgan fingerprint density at radius 2 is 1.25 bits per heavy atom. The number of allylic oxidation sites excluding steroid dienone is 2. The standard InChI is InChI=1S/C6H8O2/c7-5-3-1-2-4-6(5)8/h1-8H/t5-,6?/m1/s1. The SMILES string of the molecule is OC1C=CC=C[C@H]1O. The third-order valence-electron chi connectivity index (χ3n) is 1.08. The summed E-state index contributed by atoms with van der Waals surface area (Å²) in [6, 6.07) is 0. The van der Waals surface area contributed by atoms with Crippen molar-refractivity contribution in [2.45, 2.75) is 12.2 Å². The first-order valence-electron chi connectivity index (χ1n) is 2.52. The van der Waals surface area contributed by atoms with E-state index in [1.807, 2.05) is 0 Å². The van der Waals surface area contributed by atoms with Gasteiger partial charge in [-0.15, -0.1) is 0 Å². The summed E-state index contributed by atoms with van der Waals surface area (Å²) in [6.07, 6.45) is 5.09. The van der Waals surface area contributed by atoms with E-state index in [0.29, 0.717) is 0 Å². The van der Waals surface area contributed by atoms with Gasteiger partial charge in [0.1, 0.15) is 12.2 Å². The zero-order chi connectivity index (χ0) is 5.98. The summed E-state index contributed by atoms with van der Waals surface area (Å²) in [5.41, 5.74) is 0. The second-order valence-corrected chi connectivity index (χ2v) is 1.75. The van der Waals surface area contributed by atoms with Crippen molar-refractivity contribution in [3.8, 4) is 0 Å². The lowest BCUT2D eigenvalue weighted by molar-refractivity contribution is 0.0794. The fourth-order valence-electron chi connectivity index (χ4n) is 0.584. The molecule has 2 heteroatoms. The van der Waals surface area contributed by atoms with E-state index in [-0.39, 0.29) is 0 Å². The topological polar surface area (TPSA) is 40.5 Å². The van der Waals surface area contributed by atoms with Gasteiger partial charge in [0, 0.05) is 0 Å². The van der Waals surface area contributed by atoms with Gasteiger partial charge in [-0.05, 0) is 0 Å². The molecule has 0 aromatic rings. The van der Waals surface area contributed by atoms with Crippen molar-refractivity contribution in [3.63, 3.8) is 0 Å². The van der Waals surface area contributed by atoms with Crippen molar-refractivity contribution >= 4 is 0 Å². The Hall–Kier alpha value is -0.600. The van der Waals surface area contributed by atoms with Crippen LogP contribution in [-0.4, -0.2) is 22.4 Å². The summed E-state index contributed by atoms with van der Waals surface area (Å²) in [5.74, 6) is 0. The van der Waals surface area contributed by atoms with Crippen molar-refractivity contribution in [3.05, 3.63) is 24.3 Å². The molecule has 0 bridgehead atoms. The van der Waals surface area contributed by atoms with Crippen LogP contribution in [-0.2, 0) is 0 Å². The van der Waals surface area contributed by atoms with Crippen molar-refractivity contribution in [2.75, 3.05) is 0 Å². The fourth-order valence-corrected chi connectivity index (χ4v) is 0.584. The van der Waals surface area contributed by atoms with Gasteiger partial charge < -0.3 is 10.2 Å². The Morgan fingerprint density at radius 1 is 0.875 bits per heavy atom. The van der Waals surface area contributed by atoms with E-state index in [4.69, 9.17) is 10.2 Å². The summed E-state index contributed by atoms with van der Waals surface area (Å²) in [5, 5.41) is 17.6. The van der Waals surface area contributed by atoms with Crippen LogP contribution >= 0.6 is 0 Å². The average Bonchev–Trinajstić information content (AvgIpc) is 1.77. The summed E-state index contributed by atoms with van der Waals surface area (Å²) < 4.78 is 0. The molecule has 0 aromatic heterocycles. The lowest BCUT2D eigenvalue weighted by Crippen LogP contribution is -2.22. The summed E-state index contributed by atoms with van der Waals surface area (Å²) >= 11 is 0. The Morgan fingerprint density at radius 3 is 1.50 bits per heavy atom. The number of hydrogen-bond donors (Lipinski definition) is 2. The quantitative estimate of drug-likeness (QED) is 0.457. The molecular formula is C6H8O2. The molecule has 1 aliphatic rings. The van der Waals surface area contributed by atoms with Gasteiger partial charge in [0.05, 0.1) is 0 Å². The Balaban J connectivity index is 2.59. The zero-order valence-corrected chi connectivity index (χ0v) is 4.36. The minimum absolute atomic E-state index is 0.708. The molecule has 1 rings (SSSR count). The molecule has 1 aliphatic carbocycles. The van der Waals surface area contributed by atoms with Crippen molar-refractivity contribution in [1.82, 2.24) is 0 Å². The maximum Gasteiger partial charge on any atom is 0.102 e. The lowest BCUT2D eigenvalue weighted by atomic mass is 10.1. The number of aliphatic hydroxyl groups excluding tert-OH is 2. The molecule has 0 aromatic carbocycles. The average molecular weight is 112 g/mol. The van der Waals surface area contributed by atoms with Gasteiger partial charge in [0.2, 0.25) is 0 Å². The second-order valence-electron chi connectivity index (χ2n) is 1.75. The van der Waals surface area contributed by atoms with Crippen LogP contribution in [0, 0.1) is 0 Å². The highest BCUT2D eigenvalue weighted by Crippen LogP contribution is 2.02. The smallest absolute Gasteiger partial charge is 0.102 e. The first-order valence-corrected chi connectivity index (χ1v) is 2.52. The van der Waals surface area contributed by atoms with Gasteiger partial charge in [0.15, 0.2) is 0 Å². The number of aliphatic hydroxyl groups is 2. The predicted molar refractivity (Wildman–Crippen MR) is 30.3 cm³/mol. The van der Waals surface area contributed by atoms with Crippen LogP contribution in [0.1, 0.15) is 0 Å². The first kappa shape index (κ1) is 5.54. The molecule has 2 atom stereocenters. The monoisotopic (exact) mass is 112 g/mol. The predicted octanol–water partition coefficient (Wildman–Crippen LogP) is -0.166. The third kappa shape index (κ3) is 0.967. The van der Waals surface area contributed by atoms with Crippen LogP contribution in [0.3, 0.4) is 0 Å². The summed E-state index contributed by atoms with van der Waals surface area (Å²) in [7, 11) is 0. The third-order valence-corrected chi connectivity index (χ3v) is 1.08. The molecule has 0 saturated carbocycles. The minimum atomic E-state index is -0.708. The van der Waals surface area contributed by atoms with Crippen LogP contribution < -0.4 is 0 Å². The largest absolute Gasteiger partial charge is 0.386 e. The van der Waals surface area contributed by atoms with Gasteiger partial charge in [-0.1, -0.05) is 24.3 Å². The molecule has 0 fully saturated rings. The molecule has 8 heavy (non-hydrogen) atoms. The highest BCUT2D eigenvalue weighted by Gasteiger charge is 2.09. The maximum absolute atomic E-state index is 8.79. The van der Waals surface area contributed by atoms with E-state index in [2.05, 4.69) is 0 Å². The molecule has 1 unspecified atom stereocenters. The molecule has 44 valence electrons. The Kier molecular flexibility index (Phi) is 1.46. The first-order chi connectivity index (χ1) is 3.80. The van der Waals surface area contributed by atoms with Crippen molar-refractivity contribution in [1.29, 1.82) is 0 Å². The van der Waals surface area contributed by atoms with Gasteiger partial charge in [0.25, 0.3) is 0 Å². The highest BCUT2D eigenvalue weighted by atomic mass is 16.3. The summed E-state index contributed by atoms with van der Waals surface area (Å²) in [4.78, 5) is 0. The van der Waals surface area contributed by atoms with Crippen molar-refractivity contribution in [2.24, 2.45) is 0 Å². The summed E-state index contributed by atoms with van der Waals surface area (Å²) in [6.45, 7) is 0. The molecule has 2 N–H and O–H groups in total. The lowest BCUT2D eigenvalue weighted by Gasteiger charge is -2.11. The van der Waals surface area contributed by atoms with Crippen molar-refractivity contribution < 1.29 is 10.2 Å². The van der Waals surface area contributed by atoms with Crippen LogP contribution in [0.15, 0.2) is 24.3 Å². The molecule has 0 heterocycles. The minimum Gasteiger partial charge on any atom is -0.386 e. The van der Waals surface area contributed by atoms with E-state index < -0.39 is 12.2 Å². The fraction of sp³-hybridized carbons (Fsp3) is 0.333. The Bertz CT molecular complexity index is 110. The second kappa shape index (κ2) is 2.11. The van der Waals surface area contributed by atoms with E-state index in [0.717, 1.165) is 0 Å². The molecule has 2 nitrogen and oxygen atoms in total. The highest BCUT2D eigenvalue weighted by molar-refractivity contribution is 5.15. The van der Waals surface area contributed by atoms with E-state index >= 15 is 0 Å². The molecular weight excluding hydrogens is 104 g/mol. The molecule has 0 radical (unpaired) electrons. The molecule has 0 saturated heterocycles. The van der Waals surface area contributed by atoms with Crippen LogP contribution in [0.2, 0.25) is 0 Å². The molecule has 0 aliphatic heterocycles. The van der Waals surface area contributed by atoms with E-state index in [9.17, 15) is 0 Å². The van der Waals surface area contributed by atoms with Crippen LogP contribution in [0.4, 0.5) is 0 Å². The molecule has 0 amide bonds. The number of rotatable bonds is 0. The maximum atomic E-state index is 8.79. The van der Waals surface area contributed by atoms with Gasteiger partial charge in [-0.25, -0.2) is 0 Å². The van der Waals surface area contributed by atoms with E-state index in [1.54, 1.807) is 24.3 Å². The van der Waals surface area contributed by atoms with Crippen LogP contribution in [0.25, 0.3) is 0 Å². The van der Waals surface area contributed by atoms with Crippen LogP contribution in [0.5, 0.6) is 0 Å². The van der Waals surface area contributed by atoms with Gasteiger partial charge in [-0.3, -0.25) is 0 Å². The molecule has 0 spiro atoms.